The molecule has 1 amide bonds. The number of benzene rings is 2. The zero-order valence-electron chi connectivity index (χ0n) is 20.6. The predicted octanol–water partition coefficient (Wildman–Crippen LogP) is 3.64. The highest BCUT2D eigenvalue weighted by Gasteiger charge is 2.47. The van der Waals surface area contributed by atoms with Gasteiger partial charge in [-0.05, 0) is 69.5 Å². The number of methoxy groups -OCH3 is 2. The van der Waals surface area contributed by atoms with Gasteiger partial charge in [0, 0.05) is 17.7 Å². The summed E-state index contributed by atoms with van der Waals surface area (Å²) in [6.45, 7) is 5.03. The maximum Gasteiger partial charge on any atom is 0.295 e. The molecule has 0 aromatic heterocycles. The van der Waals surface area contributed by atoms with Crippen LogP contribution in [0.2, 0.25) is 0 Å². The van der Waals surface area contributed by atoms with Gasteiger partial charge in [-0.3, -0.25) is 9.59 Å². The quantitative estimate of drug-likeness (QED) is 0.227. The summed E-state index contributed by atoms with van der Waals surface area (Å²) in [7, 11) is 6.94. The SMILES string of the molecule is C=CCOc1ccc(/C(O)=C2\C(=O)C(=O)N(CCCN(C)C)C2c2cc(OC)ccc2OC)cc1. The summed E-state index contributed by atoms with van der Waals surface area (Å²) in [5.41, 5.74) is 0.962. The number of carbonyl (C=O) groups is 2. The smallest absolute Gasteiger partial charge is 0.295 e. The van der Waals surface area contributed by atoms with Crippen molar-refractivity contribution in [2.45, 2.75) is 12.5 Å². The molecule has 0 aliphatic carbocycles. The lowest BCUT2D eigenvalue weighted by Crippen LogP contribution is -2.32. The van der Waals surface area contributed by atoms with Crippen LogP contribution in [0.3, 0.4) is 0 Å². The van der Waals surface area contributed by atoms with Crippen LogP contribution >= 0.6 is 0 Å². The van der Waals surface area contributed by atoms with Gasteiger partial charge in [0.2, 0.25) is 0 Å². The second-order valence-corrected chi connectivity index (χ2v) is 8.38. The number of ketones is 1. The van der Waals surface area contributed by atoms with Gasteiger partial charge >= 0.3 is 0 Å². The molecule has 1 heterocycles. The van der Waals surface area contributed by atoms with Gasteiger partial charge in [0.05, 0.1) is 25.8 Å². The number of rotatable bonds is 11. The predicted molar refractivity (Wildman–Crippen MR) is 134 cm³/mol. The van der Waals surface area contributed by atoms with E-state index in [4.69, 9.17) is 14.2 Å². The van der Waals surface area contributed by atoms with Crippen molar-refractivity contribution in [3.63, 3.8) is 0 Å². The first kappa shape index (κ1) is 25.8. The Balaban J connectivity index is 2.13. The van der Waals surface area contributed by atoms with Crippen LogP contribution in [0.1, 0.15) is 23.6 Å². The average molecular weight is 481 g/mol. The third kappa shape index (κ3) is 5.66. The topological polar surface area (TPSA) is 88.5 Å². The van der Waals surface area contributed by atoms with Gasteiger partial charge in [-0.15, -0.1) is 0 Å². The van der Waals surface area contributed by atoms with Crippen LogP contribution in [0.15, 0.2) is 60.7 Å². The molecule has 1 saturated heterocycles. The van der Waals surface area contributed by atoms with Crippen molar-refractivity contribution in [1.29, 1.82) is 0 Å². The number of hydrogen-bond donors (Lipinski definition) is 1. The number of likely N-dealkylation sites (tertiary alicyclic amines) is 1. The molecule has 8 heteroatoms. The molecule has 0 spiro atoms. The number of hydrogen-bond acceptors (Lipinski definition) is 7. The van der Waals surface area contributed by atoms with Crippen LogP contribution in [-0.4, -0.2) is 74.6 Å². The van der Waals surface area contributed by atoms with E-state index in [0.717, 1.165) is 6.54 Å². The monoisotopic (exact) mass is 480 g/mol. The third-order valence-corrected chi connectivity index (χ3v) is 5.77. The molecule has 186 valence electrons. The molecule has 1 unspecified atom stereocenters. The number of Topliss-reactive ketones (excluding diaryl/α,β-unsaturated/α-hetero) is 1. The van der Waals surface area contributed by atoms with E-state index < -0.39 is 17.7 Å². The molecule has 8 nitrogen and oxygen atoms in total. The van der Waals surface area contributed by atoms with Crippen LogP contribution in [0.4, 0.5) is 0 Å². The fourth-order valence-corrected chi connectivity index (χ4v) is 4.06. The lowest BCUT2D eigenvalue weighted by Gasteiger charge is -2.27. The third-order valence-electron chi connectivity index (χ3n) is 5.77. The molecule has 1 atom stereocenters. The molecule has 3 rings (SSSR count). The van der Waals surface area contributed by atoms with E-state index in [-0.39, 0.29) is 11.3 Å². The molecule has 1 aliphatic rings. The molecule has 1 fully saturated rings. The fraction of sp³-hybridized carbons (Fsp3) is 0.333. The Labute approximate surface area is 206 Å². The standard InChI is InChI=1S/C27H32N2O6/c1-6-16-35-19-10-8-18(9-11-19)25(30)23-24(21-17-20(33-4)12-13-22(21)34-5)29(27(32)26(23)31)15-7-14-28(2)3/h6,8-13,17,24,30H,1,7,14-16H2,2-5H3/b25-23+. The van der Waals surface area contributed by atoms with Gasteiger partial charge < -0.3 is 29.1 Å². The number of amides is 1. The minimum absolute atomic E-state index is 0.00571. The molecule has 2 aromatic rings. The first-order valence-corrected chi connectivity index (χ1v) is 11.3. The zero-order valence-corrected chi connectivity index (χ0v) is 20.6. The highest BCUT2D eigenvalue weighted by molar-refractivity contribution is 6.46. The van der Waals surface area contributed by atoms with E-state index in [1.165, 1.54) is 19.1 Å². The fourth-order valence-electron chi connectivity index (χ4n) is 4.06. The molecule has 2 aromatic carbocycles. The van der Waals surface area contributed by atoms with Crippen molar-refractivity contribution in [2.75, 3.05) is 48.0 Å². The Bertz CT molecular complexity index is 1110. The number of aliphatic hydroxyl groups excluding tert-OH is 1. The number of nitrogens with zero attached hydrogens (tertiary/aromatic N) is 2. The van der Waals surface area contributed by atoms with Gasteiger partial charge in [-0.1, -0.05) is 12.7 Å². The Morgan fingerprint density at radius 1 is 1.09 bits per heavy atom. The van der Waals surface area contributed by atoms with Crippen LogP contribution in [0.25, 0.3) is 5.76 Å². The second-order valence-electron chi connectivity index (χ2n) is 8.38. The largest absolute Gasteiger partial charge is 0.507 e. The van der Waals surface area contributed by atoms with E-state index >= 15 is 0 Å². The van der Waals surface area contributed by atoms with E-state index in [9.17, 15) is 14.7 Å². The van der Waals surface area contributed by atoms with Crippen LogP contribution in [-0.2, 0) is 9.59 Å². The molecule has 0 bridgehead atoms. The summed E-state index contributed by atoms with van der Waals surface area (Å²) in [5, 5.41) is 11.3. The molecule has 1 N–H and O–H groups in total. The molecule has 1 aliphatic heterocycles. The maximum atomic E-state index is 13.2. The summed E-state index contributed by atoms with van der Waals surface area (Å²) < 4.78 is 16.5. The Morgan fingerprint density at radius 3 is 2.37 bits per heavy atom. The van der Waals surface area contributed by atoms with Crippen molar-refractivity contribution in [2.24, 2.45) is 0 Å². The highest BCUT2D eigenvalue weighted by atomic mass is 16.5. The number of ether oxygens (including phenoxy) is 3. The van der Waals surface area contributed by atoms with Crippen LogP contribution < -0.4 is 14.2 Å². The normalized spacial score (nSPS) is 17.1. The number of carbonyl (C=O) groups excluding carboxylic acids is 2. The number of aliphatic hydroxyl groups is 1. The zero-order chi connectivity index (χ0) is 25.5. The maximum absolute atomic E-state index is 13.2. The van der Waals surface area contributed by atoms with Crippen LogP contribution in [0.5, 0.6) is 17.2 Å². The average Bonchev–Trinajstić information content (AvgIpc) is 3.11. The van der Waals surface area contributed by atoms with Gasteiger partial charge in [-0.2, -0.15) is 0 Å². The van der Waals surface area contributed by atoms with Crippen molar-refractivity contribution in [3.05, 3.63) is 71.8 Å². The van der Waals surface area contributed by atoms with E-state index in [2.05, 4.69) is 6.58 Å². The summed E-state index contributed by atoms with van der Waals surface area (Å²) in [5.74, 6) is -0.0432. The van der Waals surface area contributed by atoms with Crippen molar-refractivity contribution < 1.29 is 28.9 Å². The van der Waals surface area contributed by atoms with Gasteiger partial charge in [0.1, 0.15) is 29.6 Å². The summed E-state index contributed by atoms with van der Waals surface area (Å²) >= 11 is 0. The van der Waals surface area contributed by atoms with Crippen molar-refractivity contribution in [3.8, 4) is 17.2 Å². The van der Waals surface area contributed by atoms with E-state index in [1.54, 1.807) is 48.5 Å². The summed E-state index contributed by atoms with van der Waals surface area (Å²) in [4.78, 5) is 29.9. The Morgan fingerprint density at radius 2 is 1.77 bits per heavy atom. The minimum Gasteiger partial charge on any atom is -0.507 e. The molecular formula is C27H32N2O6. The molecular weight excluding hydrogens is 448 g/mol. The highest BCUT2D eigenvalue weighted by Crippen LogP contribution is 2.44. The summed E-state index contributed by atoms with van der Waals surface area (Å²) in [6.07, 6.45) is 2.28. The Kier molecular flexibility index (Phi) is 8.54. The van der Waals surface area contributed by atoms with Crippen molar-refractivity contribution >= 4 is 17.4 Å². The van der Waals surface area contributed by atoms with Gasteiger partial charge in [0.15, 0.2) is 0 Å². The van der Waals surface area contributed by atoms with E-state index in [0.29, 0.717) is 47.9 Å². The van der Waals surface area contributed by atoms with Crippen LogP contribution in [0, 0.1) is 0 Å². The van der Waals surface area contributed by atoms with Gasteiger partial charge in [-0.25, -0.2) is 0 Å². The second kappa shape index (κ2) is 11.6. The molecule has 0 radical (unpaired) electrons. The lowest BCUT2D eigenvalue weighted by atomic mass is 9.94. The Hall–Kier alpha value is -3.78. The van der Waals surface area contributed by atoms with Crippen molar-refractivity contribution in [1.82, 2.24) is 9.80 Å². The van der Waals surface area contributed by atoms with Gasteiger partial charge in [0.25, 0.3) is 11.7 Å². The first-order valence-electron chi connectivity index (χ1n) is 11.3. The minimum atomic E-state index is -0.834. The molecule has 0 saturated carbocycles. The first-order chi connectivity index (χ1) is 16.8. The summed E-state index contributed by atoms with van der Waals surface area (Å²) in [6, 6.07) is 11.0. The molecule has 35 heavy (non-hydrogen) atoms. The lowest BCUT2D eigenvalue weighted by molar-refractivity contribution is -0.140. The van der Waals surface area contributed by atoms with E-state index in [1.807, 2.05) is 19.0 Å².